The van der Waals surface area contributed by atoms with E-state index >= 15 is 0 Å². The average molecular weight is 433 g/mol. The number of hydrogen-bond donors (Lipinski definition) is 1. The lowest BCUT2D eigenvalue weighted by molar-refractivity contribution is 0.0741. The number of carbonyl (C=O) groups excluding carboxylic acids is 1. The summed E-state index contributed by atoms with van der Waals surface area (Å²) in [6, 6.07) is 16.2. The average Bonchev–Trinajstić information content (AvgIpc) is 3.31. The van der Waals surface area contributed by atoms with Gasteiger partial charge in [-0.15, -0.1) is 0 Å². The molecule has 1 aliphatic rings. The van der Waals surface area contributed by atoms with Gasteiger partial charge in [0.2, 0.25) is 0 Å². The lowest BCUT2D eigenvalue weighted by Crippen LogP contribution is -2.49. The number of aromatic nitrogens is 2. The lowest BCUT2D eigenvalue weighted by Gasteiger charge is -2.36. The molecule has 0 radical (unpaired) electrons. The van der Waals surface area contributed by atoms with Crippen LogP contribution in [0.1, 0.15) is 41.4 Å². The SMILES string of the molecule is CCCCOc1ccccc1-c1cc(C(=O)N2CCN(c3cc(C)ccc3C)CC2)[nH]n1. The Morgan fingerprint density at radius 2 is 1.84 bits per heavy atom. The third-order valence-corrected chi connectivity index (χ3v) is 6.00. The van der Waals surface area contributed by atoms with E-state index in [1.807, 2.05) is 35.2 Å². The van der Waals surface area contributed by atoms with E-state index in [4.69, 9.17) is 4.74 Å². The minimum Gasteiger partial charge on any atom is -0.493 e. The minimum atomic E-state index is -0.00579. The predicted octanol–water partition coefficient (Wildman–Crippen LogP) is 4.83. The van der Waals surface area contributed by atoms with Gasteiger partial charge in [0.1, 0.15) is 11.4 Å². The van der Waals surface area contributed by atoms with Gasteiger partial charge < -0.3 is 14.5 Å². The molecule has 0 bridgehead atoms. The number of ether oxygens (including phenoxy) is 1. The minimum absolute atomic E-state index is 0.00579. The number of nitrogens with one attached hydrogen (secondary N) is 1. The largest absolute Gasteiger partial charge is 0.493 e. The first-order valence-corrected chi connectivity index (χ1v) is 11.5. The van der Waals surface area contributed by atoms with Gasteiger partial charge in [0.15, 0.2) is 0 Å². The Kier molecular flexibility index (Phi) is 6.78. The number of anilines is 1. The monoisotopic (exact) mass is 432 g/mol. The van der Waals surface area contributed by atoms with Gasteiger partial charge in [0.25, 0.3) is 5.91 Å². The fourth-order valence-corrected chi connectivity index (χ4v) is 4.08. The summed E-state index contributed by atoms with van der Waals surface area (Å²) >= 11 is 0. The summed E-state index contributed by atoms with van der Waals surface area (Å²) in [5.41, 5.74) is 5.94. The Bertz CT molecular complexity index is 1070. The van der Waals surface area contributed by atoms with Crippen molar-refractivity contribution in [1.29, 1.82) is 0 Å². The maximum Gasteiger partial charge on any atom is 0.272 e. The summed E-state index contributed by atoms with van der Waals surface area (Å²) in [5.74, 6) is 0.794. The van der Waals surface area contributed by atoms with E-state index in [9.17, 15) is 4.79 Å². The lowest BCUT2D eigenvalue weighted by atomic mass is 10.1. The van der Waals surface area contributed by atoms with Crippen LogP contribution in [0.4, 0.5) is 5.69 Å². The fraction of sp³-hybridized carbons (Fsp3) is 0.385. The van der Waals surface area contributed by atoms with Crippen molar-refractivity contribution in [2.75, 3.05) is 37.7 Å². The van der Waals surface area contributed by atoms with Crippen molar-refractivity contribution < 1.29 is 9.53 Å². The molecule has 0 spiro atoms. The number of H-pyrrole nitrogens is 1. The molecule has 2 aromatic carbocycles. The van der Waals surface area contributed by atoms with Crippen molar-refractivity contribution in [3.63, 3.8) is 0 Å². The molecular formula is C26H32N4O2. The van der Waals surface area contributed by atoms with E-state index in [-0.39, 0.29) is 5.91 Å². The molecule has 0 aliphatic carbocycles. The van der Waals surface area contributed by atoms with Crippen LogP contribution >= 0.6 is 0 Å². The number of aryl methyl sites for hydroxylation is 2. The second-order valence-corrected chi connectivity index (χ2v) is 8.43. The molecule has 32 heavy (non-hydrogen) atoms. The Labute approximate surface area is 190 Å². The van der Waals surface area contributed by atoms with Gasteiger partial charge >= 0.3 is 0 Å². The highest BCUT2D eigenvalue weighted by molar-refractivity contribution is 5.93. The standard InChI is InChI=1S/C26H32N4O2/c1-4-5-16-32-25-9-7-6-8-21(25)22-18-23(28-27-22)26(31)30-14-12-29(13-15-30)24-17-19(2)10-11-20(24)3/h6-11,17-18H,4-5,12-16H2,1-3H3,(H,27,28). The molecule has 1 fully saturated rings. The number of hydrogen-bond acceptors (Lipinski definition) is 4. The molecule has 3 aromatic rings. The number of carbonyl (C=O) groups is 1. The third-order valence-electron chi connectivity index (χ3n) is 6.00. The van der Waals surface area contributed by atoms with Crippen LogP contribution in [0.15, 0.2) is 48.5 Å². The Hall–Kier alpha value is -3.28. The Morgan fingerprint density at radius 3 is 2.62 bits per heavy atom. The number of nitrogens with zero attached hydrogens (tertiary/aromatic N) is 3. The number of benzene rings is 2. The van der Waals surface area contributed by atoms with Crippen LogP contribution < -0.4 is 9.64 Å². The van der Waals surface area contributed by atoms with Crippen molar-refractivity contribution in [3.05, 3.63) is 65.4 Å². The van der Waals surface area contributed by atoms with E-state index in [0.717, 1.165) is 42.9 Å². The number of aromatic amines is 1. The van der Waals surface area contributed by atoms with E-state index < -0.39 is 0 Å². The van der Waals surface area contributed by atoms with E-state index in [2.05, 4.69) is 54.1 Å². The van der Waals surface area contributed by atoms with Crippen LogP contribution in [0.2, 0.25) is 0 Å². The number of para-hydroxylation sites is 1. The van der Waals surface area contributed by atoms with Crippen LogP contribution in [-0.2, 0) is 0 Å². The molecule has 6 nitrogen and oxygen atoms in total. The van der Waals surface area contributed by atoms with Crippen LogP contribution in [0.5, 0.6) is 5.75 Å². The Morgan fingerprint density at radius 1 is 1.06 bits per heavy atom. The van der Waals surface area contributed by atoms with Crippen molar-refractivity contribution in [1.82, 2.24) is 15.1 Å². The maximum absolute atomic E-state index is 13.1. The van der Waals surface area contributed by atoms with Gasteiger partial charge in [-0.1, -0.05) is 37.6 Å². The summed E-state index contributed by atoms with van der Waals surface area (Å²) in [4.78, 5) is 17.4. The number of unbranched alkanes of at least 4 members (excludes halogenated alkanes) is 1. The molecule has 0 unspecified atom stereocenters. The predicted molar refractivity (Wildman–Crippen MR) is 128 cm³/mol. The zero-order valence-corrected chi connectivity index (χ0v) is 19.2. The first kappa shape index (κ1) is 21.9. The molecule has 1 saturated heterocycles. The van der Waals surface area contributed by atoms with Crippen LogP contribution in [0.25, 0.3) is 11.3 Å². The topological polar surface area (TPSA) is 61.5 Å². The molecule has 4 rings (SSSR count). The van der Waals surface area contributed by atoms with Crippen molar-refractivity contribution >= 4 is 11.6 Å². The summed E-state index contributed by atoms with van der Waals surface area (Å²) in [7, 11) is 0. The molecule has 1 aliphatic heterocycles. The van der Waals surface area contributed by atoms with Crippen molar-refractivity contribution in [3.8, 4) is 17.0 Å². The molecule has 0 atom stereocenters. The molecule has 6 heteroatoms. The second kappa shape index (κ2) is 9.90. The van der Waals surface area contributed by atoms with Gasteiger partial charge in [-0.2, -0.15) is 5.10 Å². The smallest absolute Gasteiger partial charge is 0.272 e. The van der Waals surface area contributed by atoms with E-state index in [1.54, 1.807) is 0 Å². The molecule has 1 N–H and O–H groups in total. The highest BCUT2D eigenvalue weighted by Crippen LogP contribution is 2.29. The molecule has 2 heterocycles. The summed E-state index contributed by atoms with van der Waals surface area (Å²) in [6.45, 7) is 10.1. The summed E-state index contributed by atoms with van der Waals surface area (Å²) in [6.07, 6.45) is 2.09. The summed E-state index contributed by atoms with van der Waals surface area (Å²) in [5, 5.41) is 7.36. The van der Waals surface area contributed by atoms with Gasteiger partial charge in [-0.3, -0.25) is 9.89 Å². The van der Waals surface area contributed by atoms with Crippen molar-refractivity contribution in [2.45, 2.75) is 33.6 Å². The highest BCUT2D eigenvalue weighted by Gasteiger charge is 2.25. The molecule has 1 amide bonds. The summed E-state index contributed by atoms with van der Waals surface area (Å²) < 4.78 is 5.94. The van der Waals surface area contributed by atoms with Crippen molar-refractivity contribution in [2.24, 2.45) is 0 Å². The number of rotatable bonds is 7. The fourth-order valence-electron chi connectivity index (χ4n) is 4.08. The third kappa shape index (κ3) is 4.79. The maximum atomic E-state index is 13.1. The first-order chi connectivity index (χ1) is 15.6. The van der Waals surface area contributed by atoms with Gasteiger partial charge in [0, 0.05) is 37.4 Å². The second-order valence-electron chi connectivity index (χ2n) is 8.43. The van der Waals surface area contributed by atoms with Gasteiger partial charge in [0.05, 0.1) is 12.3 Å². The molecule has 0 saturated carbocycles. The van der Waals surface area contributed by atoms with E-state index in [0.29, 0.717) is 25.4 Å². The number of amides is 1. The normalized spacial score (nSPS) is 14.0. The van der Waals surface area contributed by atoms with Crippen LogP contribution in [0, 0.1) is 13.8 Å². The molecular weight excluding hydrogens is 400 g/mol. The molecule has 168 valence electrons. The Balaban J connectivity index is 1.42. The zero-order chi connectivity index (χ0) is 22.5. The van der Waals surface area contributed by atoms with Crippen LogP contribution in [-0.4, -0.2) is 53.8 Å². The highest BCUT2D eigenvalue weighted by atomic mass is 16.5. The van der Waals surface area contributed by atoms with Gasteiger partial charge in [-0.25, -0.2) is 0 Å². The van der Waals surface area contributed by atoms with E-state index in [1.165, 1.54) is 16.8 Å². The quantitative estimate of drug-likeness (QED) is 0.543. The number of piperazine rings is 1. The zero-order valence-electron chi connectivity index (χ0n) is 19.2. The molecule has 1 aromatic heterocycles. The van der Waals surface area contributed by atoms with Crippen LogP contribution in [0.3, 0.4) is 0 Å². The first-order valence-electron chi connectivity index (χ1n) is 11.5. The van der Waals surface area contributed by atoms with Gasteiger partial charge in [-0.05, 0) is 55.7 Å².